The number of nitrogens with zero attached hydrogens (tertiary/aromatic N) is 2. The van der Waals surface area contributed by atoms with E-state index in [1.54, 1.807) is 26.3 Å². The van der Waals surface area contributed by atoms with E-state index < -0.39 is 12.7 Å². The minimum atomic E-state index is -4.13. The van der Waals surface area contributed by atoms with Gasteiger partial charge in [-0.3, -0.25) is 14.6 Å². The molecule has 36 heavy (non-hydrogen) atoms. The first-order chi connectivity index (χ1) is 17.2. The van der Waals surface area contributed by atoms with Crippen molar-refractivity contribution in [1.29, 1.82) is 0 Å². The predicted octanol–water partition coefficient (Wildman–Crippen LogP) is 3.82. The van der Waals surface area contributed by atoms with Crippen molar-refractivity contribution < 1.29 is 27.8 Å². The van der Waals surface area contributed by atoms with E-state index in [0.29, 0.717) is 38.3 Å². The zero-order valence-corrected chi connectivity index (χ0v) is 21.2. The standard InChI is InChI=1S/C17H22F3N3O.C8H9NO.CH4O/c1-12-9-15(24-2)14(13-3-4-21-16(12)13)10-22-5-7-23(8-6-22)11-17(18,19)20;1-9-8(10)7-5-3-2-4-6-7;1-2/h3-4,9,21H,5-8,10-11H2,1-2H3;2-6H,1H3,(H,9,10);2H,1H3. The predicted molar refractivity (Wildman–Crippen MR) is 135 cm³/mol. The number of nitrogens with one attached hydrogen (secondary N) is 2. The first-order valence-electron chi connectivity index (χ1n) is 11.6. The van der Waals surface area contributed by atoms with Crippen molar-refractivity contribution in [3.05, 3.63) is 65.4 Å². The van der Waals surface area contributed by atoms with Gasteiger partial charge < -0.3 is 20.1 Å². The number of benzene rings is 2. The summed E-state index contributed by atoms with van der Waals surface area (Å²) in [5.74, 6) is 0.790. The highest BCUT2D eigenvalue weighted by Gasteiger charge is 2.32. The second kappa shape index (κ2) is 13.9. The number of H-pyrrole nitrogens is 1. The molecule has 0 unspecified atom stereocenters. The summed E-state index contributed by atoms with van der Waals surface area (Å²) in [5, 5.41) is 10.7. The summed E-state index contributed by atoms with van der Waals surface area (Å²) in [6, 6.07) is 13.1. The number of aromatic nitrogens is 1. The smallest absolute Gasteiger partial charge is 0.401 e. The Morgan fingerprint density at radius 2 is 1.69 bits per heavy atom. The van der Waals surface area contributed by atoms with Crippen LogP contribution in [0.1, 0.15) is 21.5 Å². The number of fused-ring (bicyclic) bond motifs is 1. The lowest BCUT2D eigenvalue weighted by atomic mass is 10.0. The summed E-state index contributed by atoms with van der Waals surface area (Å²) >= 11 is 0. The molecule has 2 heterocycles. The van der Waals surface area contributed by atoms with Crippen LogP contribution >= 0.6 is 0 Å². The van der Waals surface area contributed by atoms with Gasteiger partial charge in [-0.15, -0.1) is 0 Å². The third-order valence-electron chi connectivity index (χ3n) is 5.84. The lowest BCUT2D eigenvalue weighted by Crippen LogP contribution is -2.48. The van der Waals surface area contributed by atoms with E-state index in [1.807, 2.05) is 43.5 Å². The molecule has 2 aromatic carbocycles. The van der Waals surface area contributed by atoms with Crippen molar-refractivity contribution in [2.24, 2.45) is 0 Å². The quantitative estimate of drug-likeness (QED) is 0.488. The van der Waals surface area contributed by atoms with Crippen LogP contribution in [0.5, 0.6) is 5.75 Å². The average molecular weight is 509 g/mol. The third kappa shape index (κ3) is 8.25. The fourth-order valence-electron chi connectivity index (χ4n) is 4.10. The summed E-state index contributed by atoms with van der Waals surface area (Å²) < 4.78 is 43.0. The van der Waals surface area contributed by atoms with E-state index in [0.717, 1.165) is 34.9 Å². The van der Waals surface area contributed by atoms with Gasteiger partial charge in [-0.1, -0.05) is 18.2 Å². The third-order valence-corrected chi connectivity index (χ3v) is 5.84. The number of rotatable bonds is 5. The Bertz CT molecular complexity index is 1080. The van der Waals surface area contributed by atoms with Crippen LogP contribution in [-0.4, -0.2) is 86.0 Å². The molecule has 0 saturated carbocycles. The van der Waals surface area contributed by atoms with Crippen molar-refractivity contribution in [3.63, 3.8) is 0 Å². The lowest BCUT2D eigenvalue weighted by Gasteiger charge is -2.35. The highest BCUT2D eigenvalue weighted by atomic mass is 19.4. The van der Waals surface area contributed by atoms with Gasteiger partial charge >= 0.3 is 6.18 Å². The number of aryl methyl sites for hydroxylation is 1. The Morgan fingerprint density at radius 1 is 1.08 bits per heavy atom. The molecule has 0 atom stereocenters. The van der Waals surface area contributed by atoms with Crippen LogP contribution in [0.15, 0.2) is 48.7 Å². The fourth-order valence-corrected chi connectivity index (χ4v) is 4.10. The van der Waals surface area contributed by atoms with Crippen LogP contribution in [0.4, 0.5) is 13.2 Å². The van der Waals surface area contributed by atoms with Gasteiger partial charge in [-0.25, -0.2) is 0 Å². The molecule has 1 saturated heterocycles. The number of aromatic amines is 1. The molecule has 1 aromatic heterocycles. The molecule has 198 valence electrons. The number of carbonyl (C=O) groups excluding carboxylic acids is 1. The zero-order chi connectivity index (χ0) is 26.7. The molecule has 4 rings (SSSR count). The summed E-state index contributed by atoms with van der Waals surface area (Å²) in [7, 11) is 4.27. The molecule has 0 aliphatic carbocycles. The van der Waals surface area contributed by atoms with Crippen LogP contribution in [0, 0.1) is 6.92 Å². The monoisotopic (exact) mass is 508 g/mol. The van der Waals surface area contributed by atoms with Crippen LogP contribution in [0.25, 0.3) is 10.9 Å². The van der Waals surface area contributed by atoms with E-state index >= 15 is 0 Å². The Kier molecular flexibility index (Phi) is 11.2. The second-order valence-electron chi connectivity index (χ2n) is 8.25. The number of carbonyl (C=O) groups is 1. The molecular weight excluding hydrogens is 473 g/mol. The number of methoxy groups -OCH3 is 1. The van der Waals surface area contributed by atoms with E-state index in [1.165, 1.54) is 4.90 Å². The number of aliphatic hydroxyl groups excluding tert-OH is 1. The maximum Gasteiger partial charge on any atom is 0.401 e. The molecule has 10 heteroatoms. The number of ether oxygens (including phenoxy) is 1. The van der Waals surface area contributed by atoms with Crippen molar-refractivity contribution in [3.8, 4) is 5.75 Å². The van der Waals surface area contributed by atoms with Gasteiger partial charge in [-0.2, -0.15) is 13.2 Å². The first-order valence-corrected chi connectivity index (χ1v) is 11.6. The van der Waals surface area contributed by atoms with Gasteiger partial charge in [0.2, 0.25) is 0 Å². The molecule has 1 aliphatic rings. The lowest BCUT2D eigenvalue weighted by molar-refractivity contribution is -0.149. The zero-order valence-electron chi connectivity index (χ0n) is 21.2. The molecule has 0 bridgehead atoms. The van der Waals surface area contributed by atoms with E-state index in [9.17, 15) is 18.0 Å². The number of alkyl halides is 3. The van der Waals surface area contributed by atoms with Crippen LogP contribution in [-0.2, 0) is 6.54 Å². The number of piperazine rings is 1. The minimum Gasteiger partial charge on any atom is -0.496 e. The van der Waals surface area contributed by atoms with Gasteiger partial charge in [0.25, 0.3) is 5.91 Å². The van der Waals surface area contributed by atoms with Gasteiger partial charge in [0.05, 0.1) is 13.7 Å². The molecule has 0 radical (unpaired) electrons. The number of hydrogen-bond acceptors (Lipinski definition) is 5. The Balaban J connectivity index is 0.000000318. The summed E-state index contributed by atoms with van der Waals surface area (Å²) in [6.45, 7) is 4.00. The molecule has 1 amide bonds. The number of halogens is 3. The molecular formula is C26H35F3N4O3. The molecule has 1 fully saturated rings. The van der Waals surface area contributed by atoms with Crippen molar-refractivity contribution in [1.82, 2.24) is 20.1 Å². The molecule has 1 aliphatic heterocycles. The summed E-state index contributed by atoms with van der Waals surface area (Å²) in [4.78, 5) is 17.8. The topological polar surface area (TPSA) is 80.8 Å². The number of hydrogen-bond donors (Lipinski definition) is 3. The molecule has 0 spiro atoms. The normalized spacial score (nSPS) is 14.3. The van der Waals surface area contributed by atoms with Crippen molar-refractivity contribution >= 4 is 16.8 Å². The van der Waals surface area contributed by atoms with Crippen LogP contribution in [0.2, 0.25) is 0 Å². The summed E-state index contributed by atoms with van der Waals surface area (Å²) in [6.07, 6.45) is -2.22. The molecule has 7 nitrogen and oxygen atoms in total. The second-order valence-corrected chi connectivity index (χ2v) is 8.25. The highest BCUT2D eigenvalue weighted by molar-refractivity contribution is 5.93. The van der Waals surface area contributed by atoms with Crippen LogP contribution < -0.4 is 10.1 Å². The van der Waals surface area contributed by atoms with Gasteiger partial charge in [0.1, 0.15) is 5.75 Å². The maximum absolute atomic E-state index is 12.5. The van der Waals surface area contributed by atoms with E-state index in [4.69, 9.17) is 9.84 Å². The SMILES string of the molecule is CNC(=O)c1ccccc1.CO.COc1cc(C)c2[nH]ccc2c1CN1CCN(CC(F)(F)F)CC1. The van der Waals surface area contributed by atoms with Crippen molar-refractivity contribution in [2.45, 2.75) is 19.6 Å². The maximum atomic E-state index is 12.5. The molecule has 3 N–H and O–H groups in total. The fraction of sp³-hybridized carbons (Fsp3) is 0.423. The minimum absolute atomic E-state index is 0.0411. The summed E-state index contributed by atoms with van der Waals surface area (Å²) in [5.41, 5.74) is 3.99. The average Bonchev–Trinajstić information content (AvgIpc) is 3.38. The van der Waals surface area contributed by atoms with Gasteiger partial charge in [-0.05, 0) is 36.8 Å². The van der Waals surface area contributed by atoms with E-state index in [-0.39, 0.29) is 5.91 Å². The Labute approximate surface area is 209 Å². The van der Waals surface area contributed by atoms with Gasteiger partial charge in [0.15, 0.2) is 0 Å². The van der Waals surface area contributed by atoms with E-state index in [2.05, 4.69) is 15.2 Å². The van der Waals surface area contributed by atoms with Gasteiger partial charge in [0, 0.05) is 75.1 Å². The number of aliphatic hydroxyl groups is 1. The molecule has 3 aromatic rings. The number of amides is 1. The van der Waals surface area contributed by atoms with Crippen molar-refractivity contribution in [2.75, 3.05) is 54.0 Å². The largest absolute Gasteiger partial charge is 0.496 e. The Morgan fingerprint density at radius 3 is 2.25 bits per heavy atom. The Hall–Kier alpha value is -3.08. The first kappa shape index (κ1) is 29.2. The highest BCUT2D eigenvalue weighted by Crippen LogP contribution is 2.31. The van der Waals surface area contributed by atoms with Crippen LogP contribution in [0.3, 0.4) is 0 Å².